The summed E-state index contributed by atoms with van der Waals surface area (Å²) >= 11 is 0. The Labute approximate surface area is 166 Å². The highest BCUT2D eigenvalue weighted by atomic mass is 32.2. The number of ether oxygens (including phenoxy) is 1. The van der Waals surface area contributed by atoms with E-state index in [1.54, 1.807) is 35.2 Å². The summed E-state index contributed by atoms with van der Waals surface area (Å²) in [7, 11) is -1.44. The van der Waals surface area contributed by atoms with Crippen molar-refractivity contribution in [2.75, 3.05) is 25.4 Å². The summed E-state index contributed by atoms with van der Waals surface area (Å²) in [6, 6.07) is 1.94. The average molecular weight is 411 g/mol. The van der Waals surface area contributed by atoms with Crippen molar-refractivity contribution in [1.82, 2.24) is 19.0 Å². The maximum Gasteiger partial charge on any atom is 0.272 e. The number of aryl methyl sites for hydroxylation is 1. The van der Waals surface area contributed by atoms with Gasteiger partial charge in [-0.15, -0.1) is 0 Å². The summed E-state index contributed by atoms with van der Waals surface area (Å²) < 4.78 is 35.0. The van der Waals surface area contributed by atoms with E-state index in [1.165, 1.54) is 0 Å². The van der Waals surface area contributed by atoms with Crippen molar-refractivity contribution < 1.29 is 17.9 Å². The van der Waals surface area contributed by atoms with Crippen molar-refractivity contribution in [3.05, 3.63) is 18.0 Å². The first-order valence-corrected chi connectivity index (χ1v) is 11.9. The number of likely N-dealkylation sites (tertiary alicyclic amines) is 1. The predicted octanol–water partition coefficient (Wildman–Crippen LogP) is 1.39. The Bertz CT molecular complexity index is 825. The molecule has 1 atom stereocenters. The van der Waals surface area contributed by atoms with E-state index in [0.717, 1.165) is 38.5 Å². The highest BCUT2D eigenvalue weighted by molar-refractivity contribution is 7.89. The van der Waals surface area contributed by atoms with Crippen LogP contribution in [0, 0.1) is 0 Å². The molecule has 0 aromatic carbocycles. The van der Waals surface area contributed by atoms with Gasteiger partial charge >= 0.3 is 0 Å². The molecule has 1 spiro atoms. The van der Waals surface area contributed by atoms with Gasteiger partial charge in [0.2, 0.25) is 10.0 Å². The van der Waals surface area contributed by atoms with Crippen LogP contribution in [0.3, 0.4) is 0 Å². The van der Waals surface area contributed by atoms with E-state index in [2.05, 4.69) is 5.10 Å². The lowest BCUT2D eigenvalue weighted by Crippen LogP contribution is -2.56. The third kappa shape index (κ3) is 3.71. The van der Waals surface area contributed by atoms with Crippen LogP contribution >= 0.6 is 0 Å². The van der Waals surface area contributed by atoms with Crippen LogP contribution in [-0.4, -0.2) is 76.4 Å². The first-order valence-electron chi connectivity index (χ1n) is 10.3. The quantitative estimate of drug-likeness (QED) is 0.732. The third-order valence-corrected chi connectivity index (χ3v) is 8.39. The summed E-state index contributed by atoms with van der Waals surface area (Å²) in [5, 5.41) is 4.08. The fourth-order valence-corrected chi connectivity index (χ4v) is 6.26. The van der Waals surface area contributed by atoms with E-state index in [1.807, 2.05) is 4.90 Å². The van der Waals surface area contributed by atoms with Crippen LogP contribution in [0.5, 0.6) is 0 Å². The monoisotopic (exact) mass is 410 g/mol. The molecule has 2 saturated heterocycles. The number of hydrogen-bond acceptors (Lipinski definition) is 5. The van der Waals surface area contributed by atoms with Crippen LogP contribution in [0.2, 0.25) is 0 Å². The van der Waals surface area contributed by atoms with E-state index in [9.17, 15) is 13.2 Å². The number of piperidine rings is 1. The highest BCUT2D eigenvalue weighted by Crippen LogP contribution is 2.41. The summed E-state index contributed by atoms with van der Waals surface area (Å²) in [6.07, 6.45) is 6.56. The number of aromatic nitrogens is 2. The Hall–Kier alpha value is -1.45. The second-order valence-electron chi connectivity index (χ2n) is 8.27. The van der Waals surface area contributed by atoms with Crippen LogP contribution in [0.25, 0.3) is 0 Å². The topological polar surface area (TPSA) is 84.7 Å². The predicted molar refractivity (Wildman–Crippen MR) is 104 cm³/mol. The number of rotatable bonds is 5. The van der Waals surface area contributed by atoms with E-state index >= 15 is 0 Å². The summed E-state index contributed by atoms with van der Waals surface area (Å²) in [5.41, 5.74) is 0.273. The molecule has 1 amide bonds. The molecule has 3 aliphatic rings. The maximum absolute atomic E-state index is 12.7. The molecule has 1 aromatic rings. The fraction of sp³-hybridized carbons (Fsp3) is 0.789. The molecule has 8 nitrogen and oxygen atoms in total. The van der Waals surface area contributed by atoms with Crippen LogP contribution < -0.4 is 0 Å². The molecule has 3 heterocycles. The number of amides is 1. The fourth-order valence-electron chi connectivity index (χ4n) is 4.66. The normalized spacial score (nSPS) is 25.4. The molecule has 2 aliphatic heterocycles. The molecule has 1 aromatic heterocycles. The molecule has 0 bridgehead atoms. The molecule has 0 N–H and O–H groups in total. The number of hydrogen-bond donors (Lipinski definition) is 0. The van der Waals surface area contributed by atoms with Gasteiger partial charge in [0.1, 0.15) is 5.69 Å². The van der Waals surface area contributed by atoms with Crippen LogP contribution in [0.1, 0.15) is 55.9 Å². The van der Waals surface area contributed by atoms with Gasteiger partial charge in [-0.3, -0.25) is 9.48 Å². The summed E-state index contributed by atoms with van der Waals surface area (Å²) in [6.45, 7) is 3.56. The lowest BCUT2D eigenvalue weighted by Gasteiger charge is -2.48. The van der Waals surface area contributed by atoms with Crippen LogP contribution in [0.4, 0.5) is 0 Å². The molecule has 1 unspecified atom stereocenters. The lowest BCUT2D eigenvalue weighted by atomic mass is 9.82. The first-order chi connectivity index (χ1) is 13.4. The molecule has 0 radical (unpaired) electrons. The Morgan fingerprint density at radius 3 is 2.57 bits per heavy atom. The van der Waals surface area contributed by atoms with Crippen molar-refractivity contribution in [3.63, 3.8) is 0 Å². The minimum atomic E-state index is -3.21. The number of carbonyl (C=O) groups excluding carboxylic acids is 1. The minimum Gasteiger partial charge on any atom is -0.375 e. The maximum atomic E-state index is 12.7. The molecule has 4 rings (SSSR count). The second-order valence-corrected chi connectivity index (χ2v) is 10.4. The average Bonchev–Trinajstić information content (AvgIpc) is 3.41. The molecule has 9 heteroatoms. The van der Waals surface area contributed by atoms with E-state index < -0.39 is 10.0 Å². The van der Waals surface area contributed by atoms with Crippen LogP contribution in [-0.2, 0) is 21.8 Å². The van der Waals surface area contributed by atoms with Gasteiger partial charge < -0.3 is 9.64 Å². The smallest absolute Gasteiger partial charge is 0.272 e. The molecular formula is C19H30N4O4S. The molecular weight excluding hydrogens is 380 g/mol. The molecule has 28 heavy (non-hydrogen) atoms. The summed E-state index contributed by atoms with van der Waals surface area (Å²) in [5.74, 6) is 0.149. The van der Waals surface area contributed by atoms with Gasteiger partial charge in [0.25, 0.3) is 5.91 Å². The van der Waals surface area contributed by atoms with Gasteiger partial charge in [-0.05, 0) is 51.5 Å². The van der Waals surface area contributed by atoms with Crippen molar-refractivity contribution >= 4 is 15.9 Å². The standard InChI is InChI=1S/C19H30N4O4S/c1-3-28(25,26)23(15-4-5-15)16-7-13-27-19(14-16)8-11-22(12-9-19)18(24)17-6-10-20-21(17)2/h6,10,15-16H,3-5,7-9,11-14H2,1-2H3. The Morgan fingerprint density at radius 2 is 2.00 bits per heavy atom. The van der Waals surface area contributed by atoms with Crippen molar-refractivity contribution in [2.24, 2.45) is 7.05 Å². The highest BCUT2D eigenvalue weighted by Gasteiger charge is 2.48. The number of sulfonamides is 1. The first kappa shape index (κ1) is 19.8. The molecule has 1 aliphatic carbocycles. The zero-order valence-electron chi connectivity index (χ0n) is 16.7. The van der Waals surface area contributed by atoms with Gasteiger partial charge in [-0.1, -0.05) is 0 Å². The molecule has 3 fully saturated rings. The zero-order chi connectivity index (χ0) is 19.9. The van der Waals surface area contributed by atoms with Gasteiger partial charge in [-0.25, -0.2) is 8.42 Å². The largest absolute Gasteiger partial charge is 0.375 e. The third-order valence-electron chi connectivity index (χ3n) is 6.42. The number of nitrogens with zero attached hydrogens (tertiary/aromatic N) is 4. The van der Waals surface area contributed by atoms with Gasteiger partial charge in [-0.2, -0.15) is 9.40 Å². The number of carbonyl (C=O) groups is 1. The summed E-state index contributed by atoms with van der Waals surface area (Å²) in [4.78, 5) is 14.6. The van der Waals surface area contributed by atoms with Crippen LogP contribution in [0.15, 0.2) is 12.3 Å². The van der Waals surface area contributed by atoms with Gasteiger partial charge in [0.15, 0.2) is 0 Å². The van der Waals surface area contributed by atoms with Crippen molar-refractivity contribution in [1.29, 1.82) is 0 Å². The SMILES string of the molecule is CCS(=O)(=O)N(C1CC1)C1CCOC2(CCN(C(=O)c3ccnn3C)CC2)C1. The Kier molecular flexibility index (Phi) is 5.26. The van der Waals surface area contributed by atoms with Crippen molar-refractivity contribution in [2.45, 2.75) is 63.1 Å². The Balaban J connectivity index is 1.44. The van der Waals surface area contributed by atoms with Crippen molar-refractivity contribution in [3.8, 4) is 0 Å². The van der Waals surface area contributed by atoms with E-state index in [-0.39, 0.29) is 29.3 Å². The van der Waals surface area contributed by atoms with Gasteiger partial charge in [0, 0.05) is 45.0 Å². The second kappa shape index (κ2) is 7.42. The molecule has 156 valence electrons. The minimum absolute atomic E-state index is 0.00428. The van der Waals surface area contributed by atoms with E-state index in [4.69, 9.17) is 4.74 Å². The lowest BCUT2D eigenvalue weighted by molar-refractivity contribution is -0.123. The zero-order valence-corrected chi connectivity index (χ0v) is 17.5. The molecule has 1 saturated carbocycles. The van der Waals surface area contributed by atoms with Gasteiger partial charge in [0.05, 0.1) is 11.4 Å². The Morgan fingerprint density at radius 1 is 1.29 bits per heavy atom. The van der Waals surface area contributed by atoms with E-state index in [0.29, 0.717) is 25.4 Å².